The van der Waals surface area contributed by atoms with E-state index in [1.54, 1.807) is 6.92 Å². The van der Waals surface area contributed by atoms with Crippen LogP contribution in [0.1, 0.15) is 29.6 Å². The summed E-state index contributed by atoms with van der Waals surface area (Å²) in [4.78, 5) is 23.5. The van der Waals surface area contributed by atoms with Gasteiger partial charge < -0.3 is 10.4 Å². The average Bonchev–Trinajstić information content (AvgIpc) is 2.85. The van der Waals surface area contributed by atoms with Crippen molar-refractivity contribution >= 4 is 5.91 Å². The smallest absolute Gasteiger partial charge is 0.267 e. The van der Waals surface area contributed by atoms with Crippen LogP contribution in [0.5, 0.6) is 0 Å². The highest BCUT2D eigenvalue weighted by molar-refractivity contribution is 5.78. The number of nitrogens with one attached hydrogen (secondary N) is 3. The van der Waals surface area contributed by atoms with Crippen molar-refractivity contribution in [3.8, 4) is 0 Å². The summed E-state index contributed by atoms with van der Waals surface area (Å²) in [7, 11) is 0. The number of nitrogens with zero attached hydrogens (tertiary/aromatic N) is 2. The number of carbonyl (C=O) groups excluding carboxylic acids is 1. The molecule has 21 heavy (non-hydrogen) atoms. The minimum atomic E-state index is -0.242. The molecular weight excluding hydrogens is 270 g/mol. The second-order valence-electron chi connectivity index (χ2n) is 5.44. The number of hydrogen-bond donors (Lipinski definition) is 3. The molecule has 1 atom stereocenters. The van der Waals surface area contributed by atoms with E-state index in [1.807, 2.05) is 31.5 Å². The van der Waals surface area contributed by atoms with Gasteiger partial charge in [0.25, 0.3) is 5.56 Å². The second kappa shape index (κ2) is 5.99. The molecule has 0 bridgehead atoms. The average molecular weight is 291 g/mol. The molecule has 0 aromatic carbocycles. The highest BCUT2D eigenvalue weighted by Crippen LogP contribution is 2.03. The summed E-state index contributed by atoms with van der Waals surface area (Å²) in [6.45, 7) is 8.21. The molecular formula is C14H21N5O2. The van der Waals surface area contributed by atoms with Crippen molar-refractivity contribution in [1.82, 2.24) is 25.3 Å². The number of aromatic nitrogens is 4. The van der Waals surface area contributed by atoms with Gasteiger partial charge in [0.05, 0.1) is 18.7 Å². The summed E-state index contributed by atoms with van der Waals surface area (Å²) in [6, 6.07) is 1.94. The van der Waals surface area contributed by atoms with Crippen molar-refractivity contribution in [2.45, 2.75) is 46.7 Å². The zero-order chi connectivity index (χ0) is 15.6. The zero-order valence-electron chi connectivity index (χ0n) is 12.8. The van der Waals surface area contributed by atoms with Crippen LogP contribution >= 0.6 is 0 Å². The fourth-order valence-corrected chi connectivity index (χ4v) is 2.34. The first-order chi connectivity index (χ1) is 9.86. The van der Waals surface area contributed by atoms with Crippen LogP contribution in [0.2, 0.25) is 0 Å². The van der Waals surface area contributed by atoms with Gasteiger partial charge in [0, 0.05) is 23.0 Å². The summed E-state index contributed by atoms with van der Waals surface area (Å²) in [6.07, 6.45) is 0.0755. The van der Waals surface area contributed by atoms with E-state index < -0.39 is 0 Å². The Kier molecular flexibility index (Phi) is 4.30. The standard InChI is InChI=1S/C14H21N5O2/c1-8-5-10(3)19(18-8)7-9(2)15-13(20)6-12-11(4)16-17-14(12)21/h5,9H,6-7H2,1-4H3,(H,15,20)(H2,16,17,21). The Hall–Kier alpha value is -2.31. The first-order valence-electron chi connectivity index (χ1n) is 6.93. The minimum absolute atomic E-state index is 0.0613. The number of aryl methyl sites for hydroxylation is 3. The molecule has 2 rings (SSSR count). The van der Waals surface area contributed by atoms with Crippen LogP contribution in [-0.2, 0) is 17.8 Å². The van der Waals surface area contributed by atoms with Gasteiger partial charge in [0.15, 0.2) is 0 Å². The predicted molar refractivity (Wildman–Crippen MR) is 79.2 cm³/mol. The lowest BCUT2D eigenvalue weighted by atomic mass is 10.1. The lowest BCUT2D eigenvalue weighted by Crippen LogP contribution is -2.37. The molecule has 7 heteroatoms. The maximum Gasteiger partial charge on any atom is 0.267 e. The molecule has 0 aliphatic carbocycles. The van der Waals surface area contributed by atoms with Crippen molar-refractivity contribution in [3.05, 3.63) is 39.1 Å². The number of hydrogen-bond acceptors (Lipinski definition) is 3. The van der Waals surface area contributed by atoms with Crippen LogP contribution in [0.3, 0.4) is 0 Å². The van der Waals surface area contributed by atoms with E-state index in [2.05, 4.69) is 20.6 Å². The number of aromatic amines is 2. The van der Waals surface area contributed by atoms with E-state index in [4.69, 9.17) is 0 Å². The maximum atomic E-state index is 12.0. The van der Waals surface area contributed by atoms with E-state index in [-0.39, 0.29) is 23.9 Å². The molecule has 0 saturated carbocycles. The van der Waals surface area contributed by atoms with Gasteiger partial charge in [-0.05, 0) is 33.8 Å². The van der Waals surface area contributed by atoms with Crippen LogP contribution in [-0.4, -0.2) is 31.9 Å². The molecule has 0 fully saturated rings. The molecule has 0 radical (unpaired) electrons. The van der Waals surface area contributed by atoms with E-state index in [0.29, 0.717) is 17.8 Å². The fourth-order valence-electron chi connectivity index (χ4n) is 2.34. The normalized spacial score (nSPS) is 12.4. The third kappa shape index (κ3) is 3.62. The lowest BCUT2D eigenvalue weighted by molar-refractivity contribution is -0.121. The number of amides is 1. The maximum absolute atomic E-state index is 12.0. The molecule has 1 unspecified atom stereocenters. The number of carbonyl (C=O) groups is 1. The molecule has 3 N–H and O–H groups in total. The Morgan fingerprint density at radius 3 is 2.62 bits per heavy atom. The molecule has 0 saturated heterocycles. The Labute approximate surface area is 122 Å². The third-order valence-electron chi connectivity index (χ3n) is 3.39. The van der Waals surface area contributed by atoms with Crippen LogP contribution in [0.15, 0.2) is 10.9 Å². The Morgan fingerprint density at radius 2 is 2.10 bits per heavy atom. The van der Waals surface area contributed by atoms with Crippen molar-refractivity contribution in [2.75, 3.05) is 0 Å². The van der Waals surface area contributed by atoms with Gasteiger partial charge in [0.1, 0.15) is 0 Å². The first kappa shape index (κ1) is 15.1. The summed E-state index contributed by atoms with van der Waals surface area (Å²) >= 11 is 0. The molecule has 2 heterocycles. The minimum Gasteiger partial charge on any atom is -0.351 e. The van der Waals surface area contributed by atoms with Crippen LogP contribution in [0.4, 0.5) is 0 Å². The quantitative estimate of drug-likeness (QED) is 0.751. The van der Waals surface area contributed by atoms with Crippen molar-refractivity contribution in [1.29, 1.82) is 0 Å². The van der Waals surface area contributed by atoms with Gasteiger partial charge in [-0.25, -0.2) is 0 Å². The highest BCUT2D eigenvalue weighted by Gasteiger charge is 2.14. The van der Waals surface area contributed by atoms with E-state index in [0.717, 1.165) is 11.4 Å². The molecule has 2 aromatic rings. The van der Waals surface area contributed by atoms with Gasteiger partial charge in [-0.3, -0.25) is 19.4 Å². The highest BCUT2D eigenvalue weighted by atomic mass is 16.2. The topological polar surface area (TPSA) is 95.6 Å². The number of rotatable bonds is 5. The van der Waals surface area contributed by atoms with E-state index in [9.17, 15) is 9.59 Å². The first-order valence-corrected chi connectivity index (χ1v) is 6.93. The lowest BCUT2D eigenvalue weighted by Gasteiger charge is -2.15. The molecule has 0 aliphatic heterocycles. The van der Waals surface area contributed by atoms with Gasteiger partial charge in [-0.2, -0.15) is 5.10 Å². The van der Waals surface area contributed by atoms with Crippen LogP contribution < -0.4 is 10.9 Å². The third-order valence-corrected chi connectivity index (χ3v) is 3.39. The zero-order valence-corrected chi connectivity index (χ0v) is 12.8. The Balaban J connectivity index is 1.93. The SMILES string of the molecule is Cc1cc(C)n(CC(C)NC(=O)Cc2c(C)[nH][nH]c2=O)n1. The largest absolute Gasteiger partial charge is 0.351 e. The van der Waals surface area contributed by atoms with Crippen molar-refractivity contribution < 1.29 is 4.79 Å². The van der Waals surface area contributed by atoms with Crippen molar-refractivity contribution in [3.63, 3.8) is 0 Å². The molecule has 7 nitrogen and oxygen atoms in total. The molecule has 0 spiro atoms. The fraction of sp³-hybridized carbons (Fsp3) is 0.500. The summed E-state index contributed by atoms with van der Waals surface area (Å²) in [5.74, 6) is -0.169. The van der Waals surface area contributed by atoms with Crippen LogP contribution in [0, 0.1) is 20.8 Å². The molecule has 1 amide bonds. The van der Waals surface area contributed by atoms with Crippen LogP contribution in [0.25, 0.3) is 0 Å². The Bertz CT molecular complexity index is 695. The molecule has 114 valence electrons. The van der Waals surface area contributed by atoms with Gasteiger partial charge in [0.2, 0.25) is 5.91 Å². The van der Waals surface area contributed by atoms with E-state index >= 15 is 0 Å². The summed E-state index contributed by atoms with van der Waals surface area (Å²) < 4.78 is 1.87. The van der Waals surface area contributed by atoms with Crippen molar-refractivity contribution in [2.24, 2.45) is 0 Å². The Morgan fingerprint density at radius 1 is 1.38 bits per heavy atom. The summed E-state index contributed by atoms with van der Waals surface area (Å²) in [5, 5.41) is 12.4. The monoisotopic (exact) mass is 291 g/mol. The number of H-pyrrole nitrogens is 2. The van der Waals surface area contributed by atoms with Gasteiger partial charge in [-0.1, -0.05) is 0 Å². The predicted octanol–water partition coefficient (Wildman–Crippen LogP) is 0.572. The second-order valence-corrected chi connectivity index (χ2v) is 5.44. The molecule has 0 aliphatic rings. The van der Waals surface area contributed by atoms with Gasteiger partial charge in [-0.15, -0.1) is 0 Å². The summed E-state index contributed by atoms with van der Waals surface area (Å²) in [5.41, 5.74) is 2.95. The van der Waals surface area contributed by atoms with Gasteiger partial charge >= 0.3 is 0 Å². The van der Waals surface area contributed by atoms with E-state index in [1.165, 1.54) is 0 Å². The molecule has 2 aromatic heterocycles.